The number of benzene rings is 3. The van der Waals surface area contributed by atoms with E-state index in [0.717, 1.165) is 5.56 Å². The number of amides is 1. The summed E-state index contributed by atoms with van der Waals surface area (Å²) in [4.78, 5) is 12.3. The first-order valence-corrected chi connectivity index (χ1v) is 8.92. The summed E-state index contributed by atoms with van der Waals surface area (Å²) < 4.78 is 5.50. The van der Waals surface area contributed by atoms with Gasteiger partial charge in [-0.15, -0.1) is 0 Å². The Labute approximate surface area is 163 Å². The SMILES string of the molecule is Cc1ccc(OCC(=O)Nc2ccc(Cl)cc2[C@H](O)c2ccccc2)cc1. The minimum absolute atomic E-state index is 0.132. The molecule has 27 heavy (non-hydrogen) atoms. The molecule has 0 aromatic heterocycles. The Bertz CT molecular complexity index is 911. The molecular formula is C22H20ClNO3. The molecule has 5 heteroatoms. The molecule has 1 amide bonds. The van der Waals surface area contributed by atoms with Crippen molar-refractivity contribution in [2.75, 3.05) is 11.9 Å². The highest BCUT2D eigenvalue weighted by Crippen LogP contribution is 2.30. The Morgan fingerprint density at radius 2 is 1.78 bits per heavy atom. The Kier molecular flexibility index (Phi) is 6.12. The average molecular weight is 382 g/mol. The molecule has 0 heterocycles. The second-order valence-electron chi connectivity index (χ2n) is 6.19. The number of rotatable bonds is 6. The van der Waals surface area contributed by atoms with Crippen molar-refractivity contribution in [3.8, 4) is 5.75 Å². The highest BCUT2D eigenvalue weighted by Gasteiger charge is 2.17. The first-order chi connectivity index (χ1) is 13.0. The third-order valence-electron chi connectivity index (χ3n) is 4.09. The molecule has 0 bridgehead atoms. The summed E-state index contributed by atoms with van der Waals surface area (Å²) in [5.41, 5.74) is 2.85. The van der Waals surface area contributed by atoms with E-state index in [1.54, 1.807) is 18.2 Å². The second-order valence-corrected chi connectivity index (χ2v) is 6.63. The van der Waals surface area contributed by atoms with Gasteiger partial charge in [0.25, 0.3) is 5.91 Å². The molecule has 0 saturated heterocycles. The first kappa shape index (κ1) is 19.0. The van der Waals surface area contributed by atoms with Crippen molar-refractivity contribution in [3.05, 3.63) is 94.5 Å². The summed E-state index contributed by atoms with van der Waals surface area (Å²) in [7, 11) is 0. The van der Waals surface area contributed by atoms with Gasteiger partial charge in [-0.25, -0.2) is 0 Å². The van der Waals surface area contributed by atoms with Crippen LogP contribution in [0.3, 0.4) is 0 Å². The summed E-state index contributed by atoms with van der Waals surface area (Å²) >= 11 is 6.09. The first-order valence-electron chi connectivity index (χ1n) is 8.55. The van der Waals surface area contributed by atoms with E-state index < -0.39 is 6.10 Å². The summed E-state index contributed by atoms with van der Waals surface area (Å²) in [6, 6.07) is 21.6. The Morgan fingerprint density at radius 1 is 1.07 bits per heavy atom. The highest BCUT2D eigenvalue weighted by molar-refractivity contribution is 6.30. The van der Waals surface area contributed by atoms with Crippen LogP contribution in [0.15, 0.2) is 72.8 Å². The number of hydrogen-bond donors (Lipinski definition) is 2. The minimum atomic E-state index is -0.904. The molecule has 1 atom stereocenters. The van der Waals surface area contributed by atoms with Crippen molar-refractivity contribution in [1.29, 1.82) is 0 Å². The van der Waals surface area contributed by atoms with Gasteiger partial charge >= 0.3 is 0 Å². The van der Waals surface area contributed by atoms with Crippen LogP contribution >= 0.6 is 11.6 Å². The van der Waals surface area contributed by atoms with Crippen molar-refractivity contribution >= 4 is 23.2 Å². The summed E-state index contributed by atoms with van der Waals surface area (Å²) in [5, 5.41) is 14.0. The summed E-state index contributed by atoms with van der Waals surface area (Å²) in [6.07, 6.45) is -0.904. The van der Waals surface area contributed by atoms with Crippen LogP contribution in [0.4, 0.5) is 5.69 Å². The van der Waals surface area contributed by atoms with Crippen LogP contribution in [-0.2, 0) is 4.79 Å². The highest BCUT2D eigenvalue weighted by atomic mass is 35.5. The van der Waals surface area contributed by atoms with Gasteiger partial charge in [-0.1, -0.05) is 59.6 Å². The predicted octanol–water partition coefficient (Wildman–Crippen LogP) is 4.75. The number of hydrogen-bond acceptors (Lipinski definition) is 3. The zero-order chi connectivity index (χ0) is 19.2. The molecule has 3 rings (SSSR count). The van der Waals surface area contributed by atoms with Crippen molar-refractivity contribution < 1.29 is 14.6 Å². The normalized spacial score (nSPS) is 11.7. The number of aliphatic hydroxyl groups is 1. The van der Waals surface area contributed by atoms with E-state index in [1.165, 1.54) is 0 Å². The second kappa shape index (κ2) is 8.71. The van der Waals surface area contributed by atoms with Crippen molar-refractivity contribution in [2.24, 2.45) is 0 Å². The van der Waals surface area contributed by atoms with Gasteiger partial charge in [-0.05, 0) is 42.8 Å². The lowest BCUT2D eigenvalue weighted by Crippen LogP contribution is -2.21. The molecule has 0 spiro atoms. The fourth-order valence-corrected chi connectivity index (χ4v) is 2.84. The Balaban J connectivity index is 1.72. The maximum Gasteiger partial charge on any atom is 0.262 e. The number of aryl methyl sites for hydroxylation is 1. The van der Waals surface area contributed by atoms with Gasteiger partial charge in [0.15, 0.2) is 6.61 Å². The van der Waals surface area contributed by atoms with Crippen LogP contribution in [0.2, 0.25) is 5.02 Å². The van der Waals surface area contributed by atoms with E-state index in [9.17, 15) is 9.90 Å². The van der Waals surface area contributed by atoms with Gasteiger partial charge in [-0.3, -0.25) is 4.79 Å². The van der Waals surface area contributed by atoms with E-state index in [1.807, 2.05) is 61.5 Å². The molecule has 3 aromatic rings. The van der Waals surface area contributed by atoms with Gasteiger partial charge in [0.05, 0.1) is 0 Å². The number of aliphatic hydroxyl groups excluding tert-OH is 1. The molecule has 138 valence electrons. The van der Waals surface area contributed by atoms with Crippen molar-refractivity contribution in [1.82, 2.24) is 0 Å². The zero-order valence-electron chi connectivity index (χ0n) is 14.9. The largest absolute Gasteiger partial charge is 0.484 e. The van der Waals surface area contributed by atoms with E-state index in [2.05, 4.69) is 5.32 Å². The van der Waals surface area contributed by atoms with Crippen LogP contribution in [0.1, 0.15) is 22.8 Å². The van der Waals surface area contributed by atoms with Crippen LogP contribution in [-0.4, -0.2) is 17.6 Å². The molecule has 0 saturated carbocycles. The van der Waals surface area contributed by atoms with Crippen molar-refractivity contribution in [2.45, 2.75) is 13.0 Å². The smallest absolute Gasteiger partial charge is 0.262 e. The van der Waals surface area contributed by atoms with E-state index in [-0.39, 0.29) is 12.5 Å². The lowest BCUT2D eigenvalue weighted by atomic mass is 10.00. The molecule has 0 aliphatic rings. The number of nitrogens with one attached hydrogen (secondary N) is 1. The quantitative estimate of drug-likeness (QED) is 0.648. The van der Waals surface area contributed by atoms with Crippen LogP contribution in [0, 0.1) is 6.92 Å². The molecule has 3 aromatic carbocycles. The van der Waals surface area contributed by atoms with Gasteiger partial charge in [0, 0.05) is 16.3 Å². The van der Waals surface area contributed by atoms with Crippen LogP contribution in [0.5, 0.6) is 5.75 Å². The standard InChI is InChI=1S/C22H20ClNO3/c1-15-7-10-18(11-8-15)27-14-21(25)24-20-12-9-17(23)13-19(20)22(26)16-5-3-2-4-6-16/h2-13,22,26H,14H2,1H3,(H,24,25)/t22-/m1/s1. The zero-order valence-corrected chi connectivity index (χ0v) is 15.6. The number of ether oxygens (including phenoxy) is 1. The molecular weight excluding hydrogens is 362 g/mol. The molecule has 0 radical (unpaired) electrons. The third-order valence-corrected chi connectivity index (χ3v) is 4.32. The van der Waals surface area contributed by atoms with Crippen LogP contribution < -0.4 is 10.1 Å². The number of halogens is 1. The summed E-state index contributed by atoms with van der Waals surface area (Å²) in [6.45, 7) is 1.85. The Morgan fingerprint density at radius 3 is 2.48 bits per heavy atom. The predicted molar refractivity (Wildman–Crippen MR) is 107 cm³/mol. The molecule has 4 nitrogen and oxygen atoms in total. The van der Waals surface area contributed by atoms with Gasteiger partial charge in [0.2, 0.25) is 0 Å². The number of carbonyl (C=O) groups is 1. The van der Waals surface area contributed by atoms with E-state index >= 15 is 0 Å². The Hall–Kier alpha value is -2.82. The topological polar surface area (TPSA) is 58.6 Å². The number of carbonyl (C=O) groups excluding carboxylic acids is 1. The van der Waals surface area contributed by atoms with Crippen LogP contribution in [0.25, 0.3) is 0 Å². The fourth-order valence-electron chi connectivity index (χ4n) is 2.66. The van der Waals surface area contributed by atoms with E-state index in [0.29, 0.717) is 27.6 Å². The minimum Gasteiger partial charge on any atom is -0.484 e. The maximum absolute atomic E-state index is 12.3. The lowest BCUT2D eigenvalue weighted by molar-refractivity contribution is -0.118. The number of anilines is 1. The molecule has 2 N–H and O–H groups in total. The van der Waals surface area contributed by atoms with Gasteiger partial charge in [-0.2, -0.15) is 0 Å². The molecule has 0 fully saturated rings. The summed E-state index contributed by atoms with van der Waals surface area (Å²) in [5.74, 6) is 0.302. The monoisotopic (exact) mass is 381 g/mol. The maximum atomic E-state index is 12.3. The lowest BCUT2D eigenvalue weighted by Gasteiger charge is -2.17. The molecule has 0 aliphatic carbocycles. The van der Waals surface area contributed by atoms with Gasteiger partial charge < -0.3 is 15.2 Å². The van der Waals surface area contributed by atoms with Gasteiger partial charge in [0.1, 0.15) is 11.9 Å². The average Bonchev–Trinajstić information content (AvgIpc) is 2.69. The van der Waals surface area contributed by atoms with Crippen molar-refractivity contribution in [3.63, 3.8) is 0 Å². The molecule has 0 aliphatic heterocycles. The molecule has 0 unspecified atom stereocenters. The third kappa shape index (κ3) is 5.09. The fraction of sp³-hybridized carbons (Fsp3) is 0.136. The van der Waals surface area contributed by atoms with E-state index in [4.69, 9.17) is 16.3 Å².